The van der Waals surface area contributed by atoms with Gasteiger partial charge in [0, 0.05) is 23.4 Å². The Bertz CT molecular complexity index is 618. The van der Waals surface area contributed by atoms with Crippen LogP contribution < -0.4 is 10.6 Å². The van der Waals surface area contributed by atoms with Crippen LogP contribution in [-0.4, -0.2) is 23.3 Å². The molecule has 0 saturated heterocycles. The van der Waals surface area contributed by atoms with Gasteiger partial charge in [-0.05, 0) is 26.0 Å². The summed E-state index contributed by atoms with van der Waals surface area (Å²) in [6.45, 7) is 4.16. The number of thiazole rings is 1. The van der Waals surface area contributed by atoms with E-state index in [0.717, 1.165) is 10.6 Å². The predicted molar refractivity (Wildman–Crippen MR) is 83.6 cm³/mol. The minimum Gasteiger partial charge on any atom is -0.352 e. The number of hydrogen-bond donors (Lipinski definition) is 2. The molecule has 1 aromatic carbocycles. The number of nitrogens with zero attached hydrogens (tertiary/aromatic N) is 1. The molecule has 110 valence electrons. The van der Waals surface area contributed by atoms with Crippen LogP contribution >= 0.6 is 11.3 Å². The molecular weight excluding hydrogens is 286 g/mol. The van der Waals surface area contributed by atoms with Gasteiger partial charge in [-0.15, -0.1) is 11.3 Å². The lowest BCUT2D eigenvalue weighted by Crippen LogP contribution is -2.27. The summed E-state index contributed by atoms with van der Waals surface area (Å²) in [4.78, 5) is 28.9. The van der Waals surface area contributed by atoms with E-state index in [4.69, 9.17) is 0 Å². The molecule has 21 heavy (non-hydrogen) atoms. The van der Waals surface area contributed by atoms with E-state index in [-0.39, 0.29) is 18.2 Å². The molecule has 2 rings (SSSR count). The van der Waals surface area contributed by atoms with E-state index in [9.17, 15) is 9.59 Å². The van der Waals surface area contributed by atoms with E-state index < -0.39 is 0 Å². The van der Waals surface area contributed by atoms with Crippen molar-refractivity contribution in [2.75, 3.05) is 11.9 Å². The zero-order chi connectivity index (χ0) is 15.2. The number of aromatic nitrogens is 1. The molecule has 0 atom stereocenters. The van der Waals surface area contributed by atoms with E-state index in [0.29, 0.717) is 17.2 Å². The van der Waals surface area contributed by atoms with Crippen molar-refractivity contribution in [2.45, 2.75) is 20.3 Å². The monoisotopic (exact) mass is 303 g/mol. The van der Waals surface area contributed by atoms with Gasteiger partial charge < -0.3 is 10.6 Å². The van der Waals surface area contributed by atoms with Crippen LogP contribution in [0.2, 0.25) is 0 Å². The molecule has 0 aliphatic carbocycles. The van der Waals surface area contributed by atoms with Crippen molar-refractivity contribution in [1.82, 2.24) is 10.3 Å². The number of carbonyl (C=O) groups is 2. The second-order valence-corrected chi connectivity index (χ2v) is 5.78. The van der Waals surface area contributed by atoms with Crippen LogP contribution in [0.25, 0.3) is 0 Å². The average molecular weight is 303 g/mol. The molecule has 1 aromatic heterocycles. The number of hydrogen-bond acceptors (Lipinski definition) is 4. The van der Waals surface area contributed by atoms with Gasteiger partial charge in [0.2, 0.25) is 5.91 Å². The van der Waals surface area contributed by atoms with Gasteiger partial charge in [-0.2, -0.15) is 0 Å². The standard InChI is InChI=1S/C15H17N3O2S/c1-10-11(2)21-15(17-10)18-13(19)8-9-16-14(20)12-6-4-3-5-7-12/h3-7H,8-9H2,1-2H3,(H,16,20)(H,17,18,19). The lowest BCUT2D eigenvalue weighted by molar-refractivity contribution is -0.116. The first-order valence-electron chi connectivity index (χ1n) is 6.63. The summed E-state index contributed by atoms with van der Waals surface area (Å²) >= 11 is 1.45. The van der Waals surface area contributed by atoms with Gasteiger partial charge in [0.15, 0.2) is 5.13 Å². The quantitative estimate of drug-likeness (QED) is 0.891. The molecule has 0 bridgehead atoms. The van der Waals surface area contributed by atoms with Crippen molar-refractivity contribution in [3.63, 3.8) is 0 Å². The molecule has 0 fully saturated rings. The maximum absolute atomic E-state index is 11.8. The highest BCUT2D eigenvalue weighted by molar-refractivity contribution is 7.15. The number of anilines is 1. The zero-order valence-corrected chi connectivity index (χ0v) is 12.8. The third kappa shape index (κ3) is 4.39. The van der Waals surface area contributed by atoms with Gasteiger partial charge in [-0.25, -0.2) is 4.98 Å². The van der Waals surface area contributed by atoms with Gasteiger partial charge in [-0.1, -0.05) is 18.2 Å². The Labute approximate surface area is 127 Å². The summed E-state index contributed by atoms with van der Waals surface area (Å²) < 4.78 is 0. The van der Waals surface area contributed by atoms with Crippen molar-refractivity contribution >= 4 is 28.3 Å². The topological polar surface area (TPSA) is 71.1 Å². The number of benzene rings is 1. The summed E-state index contributed by atoms with van der Waals surface area (Å²) in [7, 11) is 0. The van der Waals surface area contributed by atoms with Crippen molar-refractivity contribution in [1.29, 1.82) is 0 Å². The Kier molecular flexibility index (Phi) is 5.05. The van der Waals surface area contributed by atoms with Crippen LogP contribution in [0.3, 0.4) is 0 Å². The Balaban J connectivity index is 1.76. The number of aryl methyl sites for hydroxylation is 2. The molecule has 2 amide bonds. The van der Waals surface area contributed by atoms with Crippen molar-refractivity contribution in [3.05, 3.63) is 46.5 Å². The van der Waals surface area contributed by atoms with Gasteiger partial charge in [0.25, 0.3) is 5.91 Å². The fourth-order valence-corrected chi connectivity index (χ4v) is 2.52. The summed E-state index contributed by atoms with van der Waals surface area (Å²) in [5.41, 5.74) is 1.51. The van der Waals surface area contributed by atoms with Gasteiger partial charge in [-0.3, -0.25) is 9.59 Å². The largest absolute Gasteiger partial charge is 0.352 e. The van der Waals surface area contributed by atoms with Crippen LogP contribution in [0.5, 0.6) is 0 Å². The van der Waals surface area contributed by atoms with Crippen LogP contribution in [0, 0.1) is 13.8 Å². The Morgan fingerprint density at radius 1 is 1.19 bits per heavy atom. The molecule has 2 aromatic rings. The molecule has 2 N–H and O–H groups in total. The molecule has 1 heterocycles. The van der Waals surface area contributed by atoms with E-state index in [2.05, 4.69) is 15.6 Å². The van der Waals surface area contributed by atoms with Gasteiger partial charge >= 0.3 is 0 Å². The maximum atomic E-state index is 11.8. The molecule has 0 unspecified atom stereocenters. The first-order valence-corrected chi connectivity index (χ1v) is 7.45. The van der Waals surface area contributed by atoms with Crippen molar-refractivity contribution in [3.8, 4) is 0 Å². The molecule has 0 radical (unpaired) electrons. The first-order chi connectivity index (χ1) is 10.1. The van der Waals surface area contributed by atoms with Crippen molar-refractivity contribution < 1.29 is 9.59 Å². The highest BCUT2D eigenvalue weighted by Gasteiger charge is 2.09. The highest BCUT2D eigenvalue weighted by Crippen LogP contribution is 2.20. The number of carbonyl (C=O) groups excluding carboxylic acids is 2. The summed E-state index contributed by atoms with van der Waals surface area (Å²) in [5, 5.41) is 6.05. The molecule has 6 heteroatoms. The summed E-state index contributed by atoms with van der Waals surface area (Å²) in [5.74, 6) is -0.332. The molecule has 0 saturated carbocycles. The minimum absolute atomic E-state index is 0.155. The van der Waals surface area contributed by atoms with Crippen LogP contribution in [0.1, 0.15) is 27.3 Å². The molecule has 0 aliphatic rings. The second-order valence-electron chi connectivity index (χ2n) is 4.58. The Hall–Kier alpha value is -2.21. The highest BCUT2D eigenvalue weighted by atomic mass is 32.1. The van der Waals surface area contributed by atoms with Crippen LogP contribution in [0.4, 0.5) is 5.13 Å². The molecular formula is C15H17N3O2S. The summed E-state index contributed by atoms with van der Waals surface area (Å²) in [6.07, 6.45) is 0.219. The number of amides is 2. The lowest BCUT2D eigenvalue weighted by Gasteiger charge is -2.05. The van der Waals surface area contributed by atoms with E-state index >= 15 is 0 Å². The third-order valence-corrected chi connectivity index (χ3v) is 3.94. The zero-order valence-electron chi connectivity index (χ0n) is 12.0. The van der Waals surface area contributed by atoms with Crippen LogP contribution in [-0.2, 0) is 4.79 Å². The fourth-order valence-electron chi connectivity index (χ4n) is 1.69. The first kappa shape index (κ1) is 15.2. The third-order valence-electron chi connectivity index (χ3n) is 2.95. The SMILES string of the molecule is Cc1nc(NC(=O)CCNC(=O)c2ccccc2)sc1C. The van der Waals surface area contributed by atoms with Crippen LogP contribution in [0.15, 0.2) is 30.3 Å². The normalized spacial score (nSPS) is 10.2. The summed E-state index contributed by atoms with van der Waals surface area (Å²) in [6, 6.07) is 8.92. The molecule has 5 nitrogen and oxygen atoms in total. The predicted octanol–water partition coefficient (Wildman–Crippen LogP) is 2.52. The molecule has 0 aliphatic heterocycles. The average Bonchev–Trinajstić information content (AvgIpc) is 2.78. The Morgan fingerprint density at radius 3 is 2.52 bits per heavy atom. The smallest absolute Gasteiger partial charge is 0.251 e. The molecule has 0 spiro atoms. The number of nitrogens with one attached hydrogen (secondary N) is 2. The van der Waals surface area contributed by atoms with E-state index in [1.54, 1.807) is 24.3 Å². The van der Waals surface area contributed by atoms with E-state index in [1.165, 1.54) is 11.3 Å². The lowest BCUT2D eigenvalue weighted by atomic mass is 10.2. The Morgan fingerprint density at radius 2 is 1.90 bits per heavy atom. The minimum atomic E-state index is -0.177. The van der Waals surface area contributed by atoms with Gasteiger partial charge in [0.05, 0.1) is 5.69 Å². The van der Waals surface area contributed by atoms with Crippen molar-refractivity contribution in [2.24, 2.45) is 0 Å². The maximum Gasteiger partial charge on any atom is 0.251 e. The fraction of sp³-hybridized carbons (Fsp3) is 0.267. The van der Waals surface area contributed by atoms with E-state index in [1.807, 2.05) is 19.9 Å². The number of rotatable bonds is 5. The van der Waals surface area contributed by atoms with Gasteiger partial charge in [0.1, 0.15) is 0 Å². The second kappa shape index (κ2) is 6.99.